The summed E-state index contributed by atoms with van der Waals surface area (Å²) in [4.78, 5) is 10.2. The van der Waals surface area contributed by atoms with E-state index in [2.05, 4.69) is 38.1 Å². The van der Waals surface area contributed by atoms with Crippen LogP contribution in [0.2, 0.25) is 0 Å². The molecule has 0 saturated carbocycles. The molecule has 22 heavy (non-hydrogen) atoms. The van der Waals surface area contributed by atoms with Crippen LogP contribution in [0.5, 0.6) is 5.75 Å². The van der Waals surface area contributed by atoms with Crippen molar-refractivity contribution in [1.82, 2.24) is 0 Å². The van der Waals surface area contributed by atoms with Gasteiger partial charge in [-0.25, -0.2) is 0 Å². The highest BCUT2D eigenvalue weighted by molar-refractivity contribution is 5.77. The molecule has 0 atom stereocenters. The molecular weight excluding hydrogens is 272 g/mol. The van der Waals surface area contributed by atoms with Gasteiger partial charge in [-0.15, -0.1) is 0 Å². The van der Waals surface area contributed by atoms with Crippen molar-refractivity contribution in [3.63, 3.8) is 0 Å². The summed E-state index contributed by atoms with van der Waals surface area (Å²) in [6.45, 7) is 8.14. The van der Waals surface area contributed by atoms with E-state index in [-0.39, 0.29) is 5.41 Å². The second-order valence-electron chi connectivity index (χ2n) is 5.78. The van der Waals surface area contributed by atoms with Gasteiger partial charge in [-0.3, -0.25) is 4.79 Å². The van der Waals surface area contributed by atoms with Crippen molar-refractivity contribution in [1.29, 1.82) is 0 Å². The molecule has 2 rings (SSSR count). The van der Waals surface area contributed by atoms with Crippen LogP contribution in [0.1, 0.15) is 51.7 Å². The first-order valence-corrected chi connectivity index (χ1v) is 7.78. The summed E-state index contributed by atoms with van der Waals surface area (Å²) in [5.41, 5.74) is 2.45. The quantitative estimate of drug-likeness (QED) is 0.853. The summed E-state index contributed by atoms with van der Waals surface area (Å²) in [5, 5.41) is 9.29. The number of hydrogen-bond donors (Lipinski definition) is 1. The van der Waals surface area contributed by atoms with Crippen LogP contribution < -0.4 is 0 Å². The lowest BCUT2D eigenvalue weighted by Crippen LogP contribution is -2.18. The van der Waals surface area contributed by atoms with Gasteiger partial charge in [0.2, 0.25) is 0 Å². The number of rotatable bonds is 4. The highest BCUT2D eigenvalue weighted by Gasteiger charge is 2.22. The molecule has 2 heteroatoms. The predicted molar refractivity (Wildman–Crippen MR) is 92.3 cm³/mol. The minimum Gasteiger partial charge on any atom is -0.508 e. The van der Waals surface area contributed by atoms with Crippen molar-refractivity contribution in [3.05, 3.63) is 65.7 Å². The molecule has 0 aliphatic heterocycles. The Morgan fingerprint density at radius 3 is 1.73 bits per heavy atom. The first kappa shape index (κ1) is 18.0. The summed E-state index contributed by atoms with van der Waals surface area (Å²) >= 11 is 0. The fourth-order valence-corrected chi connectivity index (χ4v) is 2.15. The lowest BCUT2D eigenvalue weighted by molar-refractivity contribution is -0.118. The number of benzene rings is 2. The van der Waals surface area contributed by atoms with Gasteiger partial charge < -0.3 is 5.11 Å². The van der Waals surface area contributed by atoms with Gasteiger partial charge in [0.1, 0.15) is 11.5 Å². The van der Waals surface area contributed by atoms with E-state index >= 15 is 0 Å². The molecule has 0 unspecified atom stereocenters. The maximum atomic E-state index is 10.2. The Morgan fingerprint density at radius 1 is 0.864 bits per heavy atom. The molecule has 2 aromatic carbocycles. The maximum absolute atomic E-state index is 10.2. The van der Waals surface area contributed by atoms with Crippen molar-refractivity contribution in [3.8, 4) is 5.75 Å². The zero-order valence-electron chi connectivity index (χ0n) is 14.0. The largest absolute Gasteiger partial charge is 0.508 e. The van der Waals surface area contributed by atoms with Gasteiger partial charge in [-0.1, -0.05) is 70.2 Å². The van der Waals surface area contributed by atoms with E-state index in [1.54, 1.807) is 12.1 Å². The molecule has 0 bridgehead atoms. The van der Waals surface area contributed by atoms with Gasteiger partial charge in [-0.05, 0) is 23.3 Å². The van der Waals surface area contributed by atoms with Crippen LogP contribution in [0, 0.1) is 0 Å². The number of phenols is 1. The number of hydrogen-bond acceptors (Lipinski definition) is 2. The molecule has 0 aromatic heterocycles. The van der Waals surface area contributed by atoms with E-state index in [1.807, 2.05) is 32.0 Å². The number of aromatic hydroxyl groups is 1. The third-order valence-corrected chi connectivity index (χ3v) is 3.87. The SMILES string of the molecule is CC(C)(c1ccccc1)c1ccc(O)cc1.CCC(=O)CC. The topological polar surface area (TPSA) is 37.3 Å². The first-order valence-electron chi connectivity index (χ1n) is 7.78. The van der Waals surface area contributed by atoms with Gasteiger partial charge in [0.05, 0.1) is 0 Å². The van der Waals surface area contributed by atoms with Crippen LogP contribution in [0.15, 0.2) is 54.6 Å². The second kappa shape index (κ2) is 8.38. The lowest BCUT2D eigenvalue weighted by atomic mass is 9.78. The molecule has 0 fully saturated rings. The van der Waals surface area contributed by atoms with Crippen LogP contribution in [0.3, 0.4) is 0 Å². The monoisotopic (exact) mass is 298 g/mol. The molecule has 0 saturated heterocycles. The number of carbonyl (C=O) groups is 1. The molecule has 0 spiro atoms. The summed E-state index contributed by atoms with van der Waals surface area (Å²) in [6, 6.07) is 17.8. The van der Waals surface area contributed by atoms with E-state index in [0.717, 1.165) is 0 Å². The Labute approximate surface area is 133 Å². The van der Waals surface area contributed by atoms with Gasteiger partial charge in [0.25, 0.3) is 0 Å². The predicted octanol–water partition coefficient (Wildman–Crippen LogP) is 5.09. The van der Waals surface area contributed by atoms with Crippen molar-refractivity contribution in [2.45, 2.75) is 46.0 Å². The number of Topliss-reactive ketones (excluding diaryl/α,β-unsaturated/α-hetero) is 1. The van der Waals surface area contributed by atoms with Gasteiger partial charge in [0.15, 0.2) is 0 Å². The van der Waals surface area contributed by atoms with Crippen LogP contribution >= 0.6 is 0 Å². The van der Waals surface area contributed by atoms with Crippen LogP contribution in [0.25, 0.3) is 0 Å². The van der Waals surface area contributed by atoms with Crippen LogP contribution in [-0.4, -0.2) is 10.9 Å². The smallest absolute Gasteiger partial charge is 0.132 e. The average Bonchev–Trinajstić information content (AvgIpc) is 2.56. The molecule has 0 amide bonds. The maximum Gasteiger partial charge on any atom is 0.132 e. The standard InChI is InChI=1S/C15H16O.C5H10O/c1-15(2,12-6-4-3-5-7-12)13-8-10-14(16)11-9-13;1-3-5(6)4-2/h3-11,16H,1-2H3;3-4H2,1-2H3. The zero-order valence-corrected chi connectivity index (χ0v) is 14.0. The molecule has 118 valence electrons. The lowest BCUT2D eigenvalue weighted by Gasteiger charge is -2.26. The fraction of sp³-hybridized carbons (Fsp3) is 0.350. The third-order valence-electron chi connectivity index (χ3n) is 3.87. The van der Waals surface area contributed by atoms with Crippen LogP contribution in [0.4, 0.5) is 0 Å². The highest BCUT2D eigenvalue weighted by Crippen LogP contribution is 2.31. The summed E-state index contributed by atoms with van der Waals surface area (Å²) in [7, 11) is 0. The minimum atomic E-state index is -0.0328. The number of carbonyl (C=O) groups excluding carboxylic acids is 1. The number of ketones is 1. The van der Waals surface area contributed by atoms with Crippen molar-refractivity contribution in [2.24, 2.45) is 0 Å². The molecule has 1 N–H and O–H groups in total. The minimum absolute atomic E-state index is 0.0328. The van der Waals surface area contributed by atoms with E-state index in [1.165, 1.54) is 11.1 Å². The van der Waals surface area contributed by atoms with Crippen molar-refractivity contribution >= 4 is 5.78 Å². The van der Waals surface area contributed by atoms with Crippen LogP contribution in [-0.2, 0) is 10.2 Å². The Hall–Kier alpha value is -2.09. The summed E-state index contributed by atoms with van der Waals surface area (Å²) < 4.78 is 0. The molecule has 2 nitrogen and oxygen atoms in total. The Bertz CT molecular complexity index is 562. The van der Waals surface area contributed by atoms with E-state index < -0.39 is 0 Å². The van der Waals surface area contributed by atoms with Crippen molar-refractivity contribution < 1.29 is 9.90 Å². The zero-order chi connectivity index (χ0) is 16.6. The summed E-state index contributed by atoms with van der Waals surface area (Å²) in [6.07, 6.45) is 1.38. The van der Waals surface area contributed by atoms with E-state index in [9.17, 15) is 9.90 Å². The highest BCUT2D eigenvalue weighted by atomic mass is 16.3. The van der Waals surface area contributed by atoms with E-state index in [4.69, 9.17) is 0 Å². The first-order chi connectivity index (χ1) is 10.4. The normalized spacial score (nSPS) is 10.5. The summed E-state index contributed by atoms with van der Waals surface area (Å²) in [5.74, 6) is 0.655. The van der Waals surface area contributed by atoms with Gasteiger partial charge in [0, 0.05) is 18.3 Å². The fourth-order valence-electron chi connectivity index (χ4n) is 2.15. The second-order valence-corrected chi connectivity index (χ2v) is 5.78. The molecule has 2 aromatic rings. The Morgan fingerprint density at radius 2 is 1.32 bits per heavy atom. The van der Waals surface area contributed by atoms with E-state index in [0.29, 0.717) is 24.4 Å². The van der Waals surface area contributed by atoms with Gasteiger partial charge >= 0.3 is 0 Å². The third kappa shape index (κ3) is 5.03. The van der Waals surface area contributed by atoms with Crippen molar-refractivity contribution in [2.75, 3.05) is 0 Å². The molecular formula is C20H26O2. The van der Waals surface area contributed by atoms with Gasteiger partial charge in [-0.2, -0.15) is 0 Å². The number of phenolic OH excluding ortho intramolecular Hbond substituents is 1. The Kier molecular flexibility index (Phi) is 6.84. The molecule has 0 aliphatic carbocycles. The molecule has 0 heterocycles. The molecule has 0 aliphatic rings. The average molecular weight is 298 g/mol. The molecule has 0 radical (unpaired) electrons. The Balaban J connectivity index is 0.000000346.